The molecule has 25 heavy (non-hydrogen) atoms. The predicted octanol–water partition coefficient (Wildman–Crippen LogP) is 2.34. The number of rotatable bonds is 5. The summed E-state index contributed by atoms with van der Waals surface area (Å²) in [5.41, 5.74) is 1.14. The van der Waals surface area contributed by atoms with Crippen LogP contribution in [0.4, 0.5) is 0 Å². The molecule has 0 aromatic heterocycles. The van der Waals surface area contributed by atoms with Gasteiger partial charge in [0, 0.05) is 38.5 Å². The SMILES string of the molecule is COc1ccc(CCC(=O)N2CCCN(C(=O)[C@H]3C[C@H]3C)CC2)cc1. The first-order valence-corrected chi connectivity index (χ1v) is 9.28. The van der Waals surface area contributed by atoms with E-state index in [0.29, 0.717) is 31.3 Å². The average Bonchev–Trinajstić information content (AvgIpc) is 3.41. The molecule has 0 bridgehead atoms. The highest BCUT2D eigenvalue weighted by Gasteiger charge is 2.41. The van der Waals surface area contributed by atoms with Crippen molar-refractivity contribution in [3.05, 3.63) is 29.8 Å². The van der Waals surface area contributed by atoms with Gasteiger partial charge in [0.1, 0.15) is 5.75 Å². The summed E-state index contributed by atoms with van der Waals surface area (Å²) in [6, 6.07) is 7.86. The average molecular weight is 344 g/mol. The van der Waals surface area contributed by atoms with Gasteiger partial charge in [0.2, 0.25) is 11.8 Å². The number of nitrogens with zero attached hydrogens (tertiary/aromatic N) is 2. The quantitative estimate of drug-likeness (QED) is 0.824. The Morgan fingerprint density at radius 1 is 1.08 bits per heavy atom. The van der Waals surface area contributed by atoms with Gasteiger partial charge in [-0.3, -0.25) is 9.59 Å². The van der Waals surface area contributed by atoms with E-state index in [-0.39, 0.29) is 11.8 Å². The minimum atomic E-state index is 0.185. The molecule has 5 heteroatoms. The number of carbonyl (C=O) groups excluding carboxylic acids is 2. The molecule has 136 valence electrons. The normalized spacial score (nSPS) is 23.1. The lowest BCUT2D eigenvalue weighted by molar-refractivity contribution is -0.134. The Kier molecular flexibility index (Phi) is 5.61. The van der Waals surface area contributed by atoms with Gasteiger partial charge in [-0.05, 0) is 42.9 Å². The maximum Gasteiger partial charge on any atom is 0.226 e. The zero-order valence-corrected chi connectivity index (χ0v) is 15.2. The van der Waals surface area contributed by atoms with Gasteiger partial charge in [-0.25, -0.2) is 0 Å². The van der Waals surface area contributed by atoms with Gasteiger partial charge in [-0.1, -0.05) is 19.1 Å². The molecule has 1 saturated carbocycles. The van der Waals surface area contributed by atoms with Gasteiger partial charge in [0.15, 0.2) is 0 Å². The minimum absolute atomic E-state index is 0.185. The molecule has 2 amide bonds. The largest absolute Gasteiger partial charge is 0.497 e. The monoisotopic (exact) mass is 344 g/mol. The number of carbonyl (C=O) groups is 2. The Balaban J connectivity index is 1.46. The van der Waals surface area contributed by atoms with E-state index in [2.05, 4.69) is 6.92 Å². The topological polar surface area (TPSA) is 49.9 Å². The second kappa shape index (κ2) is 7.89. The Morgan fingerprint density at radius 3 is 2.36 bits per heavy atom. The van der Waals surface area contributed by atoms with E-state index in [9.17, 15) is 9.59 Å². The lowest BCUT2D eigenvalue weighted by Crippen LogP contribution is -2.38. The van der Waals surface area contributed by atoms with E-state index >= 15 is 0 Å². The van der Waals surface area contributed by atoms with Crippen LogP contribution in [0.15, 0.2) is 24.3 Å². The van der Waals surface area contributed by atoms with Crippen molar-refractivity contribution >= 4 is 11.8 Å². The number of hydrogen-bond donors (Lipinski definition) is 0. The maximum absolute atomic E-state index is 12.5. The van der Waals surface area contributed by atoms with Crippen LogP contribution in [0.2, 0.25) is 0 Å². The van der Waals surface area contributed by atoms with Crippen LogP contribution in [0.25, 0.3) is 0 Å². The minimum Gasteiger partial charge on any atom is -0.497 e. The molecule has 1 saturated heterocycles. The molecule has 5 nitrogen and oxygen atoms in total. The van der Waals surface area contributed by atoms with E-state index in [1.807, 2.05) is 34.1 Å². The zero-order chi connectivity index (χ0) is 17.8. The Morgan fingerprint density at radius 2 is 1.72 bits per heavy atom. The van der Waals surface area contributed by atoms with Gasteiger partial charge in [0.25, 0.3) is 0 Å². The highest BCUT2D eigenvalue weighted by molar-refractivity contribution is 5.82. The Labute approximate surface area is 149 Å². The van der Waals surface area contributed by atoms with Gasteiger partial charge in [0.05, 0.1) is 7.11 Å². The van der Waals surface area contributed by atoms with Crippen molar-refractivity contribution in [2.45, 2.75) is 32.6 Å². The molecule has 1 aromatic carbocycles. The fraction of sp³-hybridized carbons (Fsp3) is 0.600. The molecule has 0 radical (unpaired) electrons. The molecule has 1 aromatic rings. The highest BCUT2D eigenvalue weighted by atomic mass is 16.5. The molecule has 1 aliphatic heterocycles. The lowest BCUT2D eigenvalue weighted by Gasteiger charge is -2.22. The van der Waals surface area contributed by atoms with Crippen molar-refractivity contribution in [3.8, 4) is 5.75 Å². The van der Waals surface area contributed by atoms with Crippen molar-refractivity contribution < 1.29 is 14.3 Å². The summed E-state index contributed by atoms with van der Waals surface area (Å²) in [4.78, 5) is 28.8. The summed E-state index contributed by atoms with van der Waals surface area (Å²) in [6.07, 6.45) is 3.16. The predicted molar refractivity (Wildman–Crippen MR) is 96.4 cm³/mol. The number of ether oxygens (including phenoxy) is 1. The van der Waals surface area contributed by atoms with Gasteiger partial charge >= 0.3 is 0 Å². The first kappa shape index (κ1) is 17.8. The second-order valence-corrected chi connectivity index (χ2v) is 7.23. The lowest BCUT2D eigenvalue weighted by atomic mass is 10.1. The highest BCUT2D eigenvalue weighted by Crippen LogP contribution is 2.39. The Hall–Kier alpha value is -2.04. The maximum atomic E-state index is 12.5. The molecular weight excluding hydrogens is 316 g/mol. The molecule has 1 aliphatic carbocycles. The number of methoxy groups -OCH3 is 1. The van der Waals surface area contributed by atoms with Gasteiger partial charge in [-0.2, -0.15) is 0 Å². The fourth-order valence-corrected chi connectivity index (χ4v) is 3.49. The molecule has 2 atom stereocenters. The fourth-order valence-electron chi connectivity index (χ4n) is 3.49. The van der Waals surface area contributed by atoms with E-state index in [4.69, 9.17) is 4.74 Å². The van der Waals surface area contributed by atoms with Crippen LogP contribution in [0.1, 0.15) is 31.7 Å². The van der Waals surface area contributed by atoms with Crippen LogP contribution in [0.3, 0.4) is 0 Å². The molecule has 2 aliphatic rings. The summed E-state index contributed by atoms with van der Waals surface area (Å²) in [5.74, 6) is 2.08. The van der Waals surface area contributed by atoms with E-state index in [0.717, 1.165) is 43.7 Å². The summed E-state index contributed by atoms with van der Waals surface area (Å²) in [5, 5.41) is 0. The molecule has 3 rings (SSSR count). The third-order valence-electron chi connectivity index (χ3n) is 5.37. The van der Waals surface area contributed by atoms with Crippen LogP contribution in [-0.2, 0) is 16.0 Å². The molecule has 0 N–H and O–H groups in total. The molecule has 0 unspecified atom stereocenters. The van der Waals surface area contributed by atoms with E-state index < -0.39 is 0 Å². The van der Waals surface area contributed by atoms with Crippen molar-refractivity contribution in [1.82, 2.24) is 9.80 Å². The smallest absolute Gasteiger partial charge is 0.226 e. The third-order valence-corrected chi connectivity index (χ3v) is 5.37. The summed E-state index contributed by atoms with van der Waals surface area (Å²) >= 11 is 0. The van der Waals surface area contributed by atoms with E-state index in [1.165, 1.54) is 0 Å². The van der Waals surface area contributed by atoms with Crippen LogP contribution in [-0.4, -0.2) is 54.9 Å². The number of benzene rings is 1. The van der Waals surface area contributed by atoms with Crippen LogP contribution in [0, 0.1) is 11.8 Å². The zero-order valence-electron chi connectivity index (χ0n) is 15.2. The second-order valence-electron chi connectivity index (χ2n) is 7.23. The number of aryl methyl sites for hydroxylation is 1. The third kappa shape index (κ3) is 4.53. The van der Waals surface area contributed by atoms with Crippen molar-refractivity contribution in [2.24, 2.45) is 11.8 Å². The first-order chi connectivity index (χ1) is 12.1. The van der Waals surface area contributed by atoms with Crippen LogP contribution >= 0.6 is 0 Å². The molecule has 2 fully saturated rings. The van der Waals surface area contributed by atoms with Gasteiger partial charge < -0.3 is 14.5 Å². The van der Waals surface area contributed by atoms with Crippen molar-refractivity contribution in [1.29, 1.82) is 0 Å². The number of amides is 2. The van der Waals surface area contributed by atoms with Crippen molar-refractivity contribution in [2.75, 3.05) is 33.3 Å². The van der Waals surface area contributed by atoms with Crippen LogP contribution in [0.5, 0.6) is 5.75 Å². The first-order valence-electron chi connectivity index (χ1n) is 9.28. The van der Waals surface area contributed by atoms with Gasteiger partial charge in [-0.15, -0.1) is 0 Å². The summed E-state index contributed by atoms with van der Waals surface area (Å²) < 4.78 is 5.15. The Bertz CT molecular complexity index is 614. The number of hydrogen-bond acceptors (Lipinski definition) is 3. The van der Waals surface area contributed by atoms with Crippen molar-refractivity contribution in [3.63, 3.8) is 0 Å². The van der Waals surface area contributed by atoms with Crippen LogP contribution < -0.4 is 4.74 Å². The molecular formula is C20H28N2O3. The standard InChI is InChI=1S/C20H28N2O3/c1-15-14-18(15)20(24)22-11-3-10-21(12-13-22)19(23)9-6-16-4-7-17(25-2)8-5-16/h4-5,7-8,15,18H,3,6,9-14H2,1-2H3/t15-,18+/m1/s1. The summed E-state index contributed by atoms with van der Waals surface area (Å²) in [7, 11) is 1.65. The van der Waals surface area contributed by atoms with E-state index in [1.54, 1.807) is 7.11 Å². The molecule has 1 heterocycles. The summed E-state index contributed by atoms with van der Waals surface area (Å²) in [6.45, 7) is 5.01. The molecule has 0 spiro atoms.